The molecule has 1 aromatic carbocycles. The van der Waals surface area contributed by atoms with Crippen LogP contribution in [0.2, 0.25) is 0 Å². The predicted octanol–water partition coefficient (Wildman–Crippen LogP) is 2.93. The zero-order chi connectivity index (χ0) is 18.6. The number of furan rings is 1. The highest BCUT2D eigenvalue weighted by atomic mass is 127. The molecule has 2 heterocycles. The molecule has 27 heavy (non-hydrogen) atoms. The van der Waals surface area contributed by atoms with Gasteiger partial charge in [-0.25, -0.2) is 4.99 Å². The van der Waals surface area contributed by atoms with E-state index in [1.54, 1.807) is 25.3 Å². The van der Waals surface area contributed by atoms with Gasteiger partial charge in [0.1, 0.15) is 11.4 Å². The normalized spacial score (nSPS) is 15.0. The van der Waals surface area contributed by atoms with Gasteiger partial charge in [-0.1, -0.05) is 6.07 Å². The van der Waals surface area contributed by atoms with Crippen molar-refractivity contribution in [2.75, 3.05) is 26.9 Å². The van der Waals surface area contributed by atoms with Gasteiger partial charge in [0, 0.05) is 20.1 Å². The maximum absolute atomic E-state index is 10.6. The highest BCUT2D eigenvalue weighted by molar-refractivity contribution is 14.0. The number of rotatable bonds is 6. The van der Waals surface area contributed by atoms with Gasteiger partial charge >= 0.3 is 0 Å². The number of nitrogens with one attached hydrogen (secondary N) is 1. The molecule has 1 unspecified atom stereocenters. The fourth-order valence-electron chi connectivity index (χ4n) is 2.75. The SMILES string of the molecule is CCNC(=NCC(C)(O)c1ccco1)N(C)Cc1ccc2c(c1)OCO2.I. The van der Waals surface area contributed by atoms with Crippen LogP contribution in [0.15, 0.2) is 46.0 Å². The minimum Gasteiger partial charge on any atom is -0.466 e. The van der Waals surface area contributed by atoms with Crippen molar-refractivity contribution in [3.8, 4) is 11.5 Å². The molecule has 7 nitrogen and oxygen atoms in total. The molecule has 0 spiro atoms. The van der Waals surface area contributed by atoms with Crippen molar-refractivity contribution in [3.63, 3.8) is 0 Å². The summed E-state index contributed by atoms with van der Waals surface area (Å²) in [6, 6.07) is 9.40. The molecule has 2 aromatic rings. The highest BCUT2D eigenvalue weighted by Crippen LogP contribution is 2.32. The first kappa shape index (κ1) is 21.4. The number of nitrogens with zero attached hydrogens (tertiary/aromatic N) is 2. The van der Waals surface area contributed by atoms with Crippen molar-refractivity contribution in [3.05, 3.63) is 47.9 Å². The van der Waals surface area contributed by atoms with Gasteiger partial charge in [-0.05, 0) is 43.7 Å². The summed E-state index contributed by atoms with van der Waals surface area (Å²) in [5, 5.41) is 13.8. The molecular formula is C19H26IN3O4. The number of halogens is 1. The third kappa shape index (κ3) is 5.29. The van der Waals surface area contributed by atoms with E-state index < -0.39 is 5.60 Å². The van der Waals surface area contributed by atoms with Gasteiger partial charge in [-0.15, -0.1) is 24.0 Å². The summed E-state index contributed by atoms with van der Waals surface area (Å²) < 4.78 is 16.1. The van der Waals surface area contributed by atoms with E-state index >= 15 is 0 Å². The zero-order valence-corrected chi connectivity index (χ0v) is 18.1. The van der Waals surface area contributed by atoms with Gasteiger partial charge in [0.05, 0.1) is 12.8 Å². The van der Waals surface area contributed by atoms with Gasteiger partial charge in [0.25, 0.3) is 0 Å². The molecule has 1 aliphatic rings. The number of aliphatic hydroxyl groups is 1. The van der Waals surface area contributed by atoms with Gasteiger partial charge in [0.2, 0.25) is 6.79 Å². The van der Waals surface area contributed by atoms with E-state index in [-0.39, 0.29) is 37.3 Å². The molecule has 0 saturated heterocycles. The molecule has 0 amide bonds. The third-order valence-corrected chi connectivity index (χ3v) is 4.14. The average Bonchev–Trinajstić information content (AvgIpc) is 3.29. The fraction of sp³-hybridized carbons (Fsp3) is 0.421. The molecule has 0 fully saturated rings. The lowest BCUT2D eigenvalue weighted by molar-refractivity contribution is 0.0435. The molecule has 148 valence electrons. The Bertz CT molecular complexity index is 762. The largest absolute Gasteiger partial charge is 0.466 e. The number of guanidine groups is 1. The molecule has 8 heteroatoms. The van der Waals surface area contributed by atoms with Gasteiger partial charge in [-0.2, -0.15) is 0 Å². The number of fused-ring (bicyclic) bond motifs is 1. The lowest BCUT2D eigenvalue weighted by Gasteiger charge is -2.24. The molecule has 3 rings (SSSR count). The number of hydrogen-bond acceptors (Lipinski definition) is 5. The predicted molar refractivity (Wildman–Crippen MR) is 114 cm³/mol. The Hall–Kier alpha value is -1.94. The second-order valence-electron chi connectivity index (χ2n) is 6.46. The van der Waals surface area contributed by atoms with E-state index in [1.807, 2.05) is 37.1 Å². The van der Waals surface area contributed by atoms with Crippen molar-refractivity contribution < 1.29 is 19.0 Å². The molecular weight excluding hydrogens is 461 g/mol. The average molecular weight is 487 g/mol. The molecule has 1 aliphatic heterocycles. The second kappa shape index (κ2) is 9.32. The maximum atomic E-state index is 10.6. The Balaban J connectivity index is 0.00000261. The Morgan fingerprint density at radius 1 is 1.30 bits per heavy atom. The number of ether oxygens (including phenoxy) is 2. The summed E-state index contributed by atoms with van der Waals surface area (Å²) in [4.78, 5) is 6.57. The van der Waals surface area contributed by atoms with Crippen LogP contribution in [0.25, 0.3) is 0 Å². The van der Waals surface area contributed by atoms with Crippen molar-refractivity contribution >= 4 is 29.9 Å². The Labute approximate surface area is 176 Å². The molecule has 0 radical (unpaired) electrons. The van der Waals surface area contributed by atoms with Gasteiger partial charge < -0.3 is 29.2 Å². The summed E-state index contributed by atoms with van der Waals surface area (Å²) in [7, 11) is 1.95. The molecule has 1 atom stereocenters. The van der Waals surface area contributed by atoms with Gasteiger partial charge in [-0.3, -0.25) is 0 Å². The van der Waals surface area contributed by atoms with E-state index in [4.69, 9.17) is 13.9 Å². The monoisotopic (exact) mass is 487 g/mol. The van der Waals surface area contributed by atoms with E-state index in [0.717, 1.165) is 23.6 Å². The first-order valence-electron chi connectivity index (χ1n) is 8.64. The molecule has 1 aromatic heterocycles. The molecule has 2 N–H and O–H groups in total. The van der Waals surface area contributed by atoms with Crippen molar-refractivity contribution in [1.82, 2.24) is 10.2 Å². The summed E-state index contributed by atoms with van der Waals surface area (Å²) >= 11 is 0. The van der Waals surface area contributed by atoms with E-state index in [2.05, 4.69) is 10.3 Å². The van der Waals surface area contributed by atoms with Crippen LogP contribution < -0.4 is 14.8 Å². The maximum Gasteiger partial charge on any atom is 0.231 e. The van der Waals surface area contributed by atoms with Crippen LogP contribution in [0.5, 0.6) is 11.5 Å². The molecule has 0 saturated carbocycles. The van der Waals surface area contributed by atoms with Crippen LogP contribution in [0.4, 0.5) is 0 Å². The van der Waals surface area contributed by atoms with Gasteiger partial charge in [0.15, 0.2) is 17.5 Å². The summed E-state index contributed by atoms with van der Waals surface area (Å²) in [5.74, 6) is 2.73. The van der Waals surface area contributed by atoms with Crippen molar-refractivity contribution in [1.29, 1.82) is 0 Å². The van der Waals surface area contributed by atoms with Crippen LogP contribution in [-0.4, -0.2) is 42.9 Å². The number of hydrogen-bond donors (Lipinski definition) is 2. The second-order valence-corrected chi connectivity index (χ2v) is 6.46. The van der Waals surface area contributed by atoms with Crippen LogP contribution in [0, 0.1) is 0 Å². The highest BCUT2D eigenvalue weighted by Gasteiger charge is 2.26. The first-order chi connectivity index (χ1) is 12.5. The number of benzene rings is 1. The minimum atomic E-state index is -1.16. The molecule has 0 bridgehead atoms. The molecule has 0 aliphatic carbocycles. The summed E-state index contributed by atoms with van der Waals surface area (Å²) in [6.45, 7) is 5.53. The minimum absolute atomic E-state index is 0. The fourth-order valence-corrected chi connectivity index (χ4v) is 2.75. The smallest absolute Gasteiger partial charge is 0.231 e. The van der Waals surface area contributed by atoms with Crippen LogP contribution >= 0.6 is 24.0 Å². The Morgan fingerprint density at radius 2 is 2.07 bits per heavy atom. The third-order valence-electron chi connectivity index (χ3n) is 4.14. The Morgan fingerprint density at radius 3 is 2.78 bits per heavy atom. The quantitative estimate of drug-likeness (QED) is 0.371. The van der Waals surface area contributed by atoms with Crippen molar-refractivity contribution in [2.45, 2.75) is 26.0 Å². The first-order valence-corrected chi connectivity index (χ1v) is 8.64. The van der Waals surface area contributed by atoms with E-state index in [1.165, 1.54) is 0 Å². The van der Waals surface area contributed by atoms with Crippen LogP contribution in [0.1, 0.15) is 25.2 Å². The van der Waals surface area contributed by atoms with E-state index in [0.29, 0.717) is 18.3 Å². The zero-order valence-electron chi connectivity index (χ0n) is 15.8. The summed E-state index contributed by atoms with van der Waals surface area (Å²) in [5.41, 5.74) is -0.0795. The van der Waals surface area contributed by atoms with E-state index in [9.17, 15) is 5.11 Å². The van der Waals surface area contributed by atoms with Crippen LogP contribution in [0.3, 0.4) is 0 Å². The lowest BCUT2D eigenvalue weighted by atomic mass is 10.0. The van der Waals surface area contributed by atoms with Crippen LogP contribution in [-0.2, 0) is 12.1 Å². The summed E-state index contributed by atoms with van der Waals surface area (Å²) in [6.07, 6.45) is 1.55. The van der Waals surface area contributed by atoms with Crippen molar-refractivity contribution in [2.24, 2.45) is 4.99 Å². The topological polar surface area (TPSA) is 79.5 Å². The standard InChI is InChI=1S/C19H25N3O4.HI/c1-4-20-18(21-12-19(2,23)17-6-5-9-24-17)22(3)11-14-7-8-15-16(10-14)26-13-25-15;/h5-10,23H,4,11-13H2,1-3H3,(H,20,21);1H. The lowest BCUT2D eigenvalue weighted by Crippen LogP contribution is -2.39. The number of aliphatic imine (C=N–C) groups is 1. The Kier molecular flexibility index (Phi) is 7.37.